The van der Waals surface area contributed by atoms with E-state index in [1.165, 1.54) is 0 Å². The second-order valence-corrected chi connectivity index (χ2v) is 4.00. The van der Waals surface area contributed by atoms with E-state index in [0.29, 0.717) is 6.42 Å². The van der Waals surface area contributed by atoms with Crippen molar-refractivity contribution in [2.45, 2.75) is 25.9 Å². The number of hydrogen-bond acceptors (Lipinski definition) is 2. The summed E-state index contributed by atoms with van der Waals surface area (Å²) in [5.74, 6) is 0. The van der Waals surface area contributed by atoms with E-state index in [2.05, 4.69) is 6.58 Å². The molecule has 0 saturated heterocycles. The topological polar surface area (TPSA) is 18.5 Å². The molecule has 0 unspecified atom stereocenters. The van der Waals surface area contributed by atoms with Crippen molar-refractivity contribution >= 4 is 6.98 Å². The average molecular weight is 225 g/mol. The lowest BCUT2D eigenvalue weighted by atomic mass is 9.81. The number of ether oxygens (including phenoxy) is 2. The molecule has 90 valence electrons. The van der Waals surface area contributed by atoms with Crippen LogP contribution in [0.3, 0.4) is 0 Å². The van der Waals surface area contributed by atoms with E-state index < -0.39 is 19.1 Å². The Labute approximate surface area is 88.5 Å². The van der Waals surface area contributed by atoms with E-state index in [9.17, 15) is 12.9 Å². The van der Waals surface area contributed by atoms with Crippen LogP contribution in [-0.4, -0.2) is 32.9 Å². The monoisotopic (exact) mass is 225 g/mol. The van der Waals surface area contributed by atoms with Gasteiger partial charge in [-0.05, 0) is 20.3 Å². The minimum absolute atomic E-state index is 0.228. The van der Waals surface area contributed by atoms with Crippen molar-refractivity contribution in [3.63, 3.8) is 0 Å². The van der Waals surface area contributed by atoms with Gasteiger partial charge in [0.1, 0.15) is 0 Å². The molecule has 0 aliphatic heterocycles. The minimum atomic E-state index is -4.97. The third kappa shape index (κ3) is 6.57. The maximum absolute atomic E-state index is 12.0. The lowest BCUT2D eigenvalue weighted by molar-refractivity contribution is -0.00698. The fraction of sp³-hybridized carbons (Fsp3) is 0.778. The van der Waals surface area contributed by atoms with Crippen molar-refractivity contribution in [3.05, 3.63) is 12.1 Å². The Balaban J connectivity index is 3.69. The molecule has 2 nitrogen and oxygen atoms in total. The Morgan fingerprint density at radius 2 is 1.87 bits per heavy atom. The van der Waals surface area contributed by atoms with E-state index in [0.717, 1.165) is 0 Å². The maximum atomic E-state index is 12.0. The van der Waals surface area contributed by atoms with Crippen molar-refractivity contribution in [2.24, 2.45) is 0 Å². The predicted molar refractivity (Wildman–Crippen MR) is 54.7 cm³/mol. The van der Waals surface area contributed by atoms with Gasteiger partial charge in [-0.15, -0.1) is 12.1 Å². The van der Waals surface area contributed by atoms with Gasteiger partial charge in [-0.1, -0.05) is 0 Å². The van der Waals surface area contributed by atoms with Crippen molar-refractivity contribution in [1.82, 2.24) is 0 Å². The third-order valence-electron chi connectivity index (χ3n) is 2.15. The summed E-state index contributed by atoms with van der Waals surface area (Å²) < 4.78 is 46.1. The van der Waals surface area contributed by atoms with Gasteiger partial charge in [0.05, 0.1) is 5.60 Å². The van der Waals surface area contributed by atoms with Crippen molar-refractivity contribution < 1.29 is 22.4 Å². The summed E-state index contributed by atoms with van der Waals surface area (Å²) in [4.78, 5) is 0. The molecule has 0 heterocycles. The summed E-state index contributed by atoms with van der Waals surface area (Å²) in [5, 5.41) is 0. The van der Waals surface area contributed by atoms with Gasteiger partial charge >= 0.3 is 6.98 Å². The van der Waals surface area contributed by atoms with E-state index >= 15 is 0 Å². The van der Waals surface area contributed by atoms with Gasteiger partial charge in [0.15, 0.2) is 0 Å². The summed E-state index contributed by atoms with van der Waals surface area (Å²) in [7, 11) is 1.55. The molecule has 0 N–H and O–H groups in total. The smallest absolute Gasteiger partial charge is 0.445 e. The van der Waals surface area contributed by atoms with Crippen LogP contribution in [0.1, 0.15) is 20.3 Å². The van der Waals surface area contributed by atoms with Crippen LogP contribution < -0.4 is 0 Å². The van der Waals surface area contributed by atoms with Crippen molar-refractivity contribution in [3.8, 4) is 0 Å². The van der Waals surface area contributed by atoms with Gasteiger partial charge in [-0.3, -0.25) is 0 Å². The third-order valence-corrected chi connectivity index (χ3v) is 2.15. The highest BCUT2D eigenvalue weighted by atomic mass is 19.4. The van der Waals surface area contributed by atoms with E-state index in [4.69, 9.17) is 9.47 Å². The molecule has 6 heteroatoms. The molecule has 15 heavy (non-hydrogen) atoms. The Morgan fingerprint density at radius 1 is 1.33 bits per heavy atom. The fourth-order valence-corrected chi connectivity index (χ4v) is 0.718. The molecule has 0 bridgehead atoms. The first-order chi connectivity index (χ1) is 6.69. The normalized spacial score (nSPS) is 12.9. The first-order valence-corrected chi connectivity index (χ1v) is 4.69. The molecular formula is C9H17BF3O2-. The second-order valence-electron chi connectivity index (χ2n) is 4.00. The van der Waals surface area contributed by atoms with Crippen LogP contribution in [0.25, 0.3) is 0 Å². The van der Waals surface area contributed by atoms with Crippen LogP contribution in [0.2, 0.25) is 0 Å². The molecular weight excluding hydrogens is 208 g/mol. The van der Waals surface area contributed by atoms with Crippen LogP contribution in [0, 0.1) is 0 Å². The summed E-state index contributed by atoms with van der Waals surface area (Å²) in [5.41, 5.74) is -1.17. The molecule has 0 fully saturated rings. The zero-order valence-electron chi connectivity index (χ0n) is 9.36. The van der Waals surface area contributed by atoms with Gasteiger partial charge in [0, 0.05) is 20.3 Å². The highest BCUT2D eigenvalue weighted by Gasteiger charge is 2.26. The molecule has 0 rings (SSSR count). The van der Waals surface area contributed by atoms with Crippen LogP contribution in [0.15, 0.2) is 12.1 Å². The highest BCUT2D eigenvalue weighted by Crippen LogP contribution is 2.19. The molecule has 0 saturated carbocycles. The van der Waals surface area contributed by atoms with Gasteiger partial charge in [-0.25, -0.2) is 0 Å². The van der Waals surface area contributed by atoms with Gasteiger partial charge in [0.2, 0.25) is 0 Å². The molecule has 0 aliphatic carbocycles. The zero-order valence-corrected chi connectivity index (χ0v) is 9.36. The van der Waals surface area contributed by atoms with Crippen molar-refractivity contribution in [1.29, 1.82) is 0 Å². The van der Waals surface area contributed by atoms with Gasteiger partial charge < -0.3 is 22.4 Å². The van der Waals surface area contributed by atoms with Crippen LogP contribution in [-0.2, 0) is 9.47 Å². The quantitative estimate of drug-likeness (QED) is 0.489. The Morgan fingerprint density at radius 3 is 2.27 bits per heavy atom. The van der Waals surface area contributed by atoms with E-state index in [1.54, 1.807) is 7.11 Å². The standard InChI is InChI=1S/C9H17BF3O2/c1-8(10(11,12)13)7-15-6-5-9(2,3)14-4/h1,5-7H2,2-4H3/q-1. The number of methoxy groups -OCH3 is 1. The predicted octanol–water partition coefficient (Wildman–Crippen LogP) is 2.76. The van der Waals surface area contributed by atoms with Gasteiger partial charge in [-0.2, -0.15) is 0 Å². The van der Waals surface area contributed by atoms with Crippen LogP contribution in [0.5, 0.6) is 0 Å². The SMILES string of the molecule is C=C(COCCC(C)(C)OC)[B-](F)(F)F. The molecule has 0 aromatic rings. The van der Waals surface area contributed by atoms with Crippen molar-refractivity contribution in [2.75, 3.05) is 20.3 Å². The first kappa shape index (κ1) is 14.5. The number of hydrogen-bond donors (Lipinski definition) is 0. The molecule has 0 aliphatic rings. The second kappa shape index (κ2) is 5.56. The lowest BCUT2D eigenvalue weighted by Crippen LogP contribution is -2.26. The summed E-state index contributed by atoms with van der Waals surface area (Å²) in [6.45, 7) is 1.42. The molecule has 0 aromatic heterocycles. The largest absolute Gasteiger partial charge is 0.507 e. The highest BCUT2D eigenvalue weighted by molar-refractivity contribution is 6.66. The van der Waals surface area contributed by atoms with Gasteiger partial charge in [0.25, 0.3) is 0 Å². The van der Waals surface area contributed by atoms with Crippen LogP contribution in [0.4, 0.5) is 12.9 Å². The van der Waals surface area contributed by atoms with E-state index in [-0.39, 0.29) is 12.2 Å². The van der Waals surface area contributed by atoms with Crippen LogP contribution >= 0.6 is 0 Å². The Kier molecular flexibility index (Phi) is 5.38. The molecule has 0 aromatic carbocycles. The minimum Gasteiger partial charge on any atom is -0.445 e. The summed E-state index contributed by atoms with van der Waals surface area (Å²) >= 11 is 0. The molecule has 0 amide bonds. The zero-order chi connectivity index (χ0) is 12.1. The molecule has 0 atom stereocenters. The van der Waals surface area contributed by atoms with E-state index in [1.807, 2.05) is 13.8 Å². The Bertz CT molecular complexity index is 214. The summed E-state index contributed by atoms with van der Waals surface area (Å²) in [6, 6.07) is 0. The fourth-order valence-electron chi connectivity index (χ4n) is 0.718. The average Bonchev–Trinajstić information content (AvgIpc) is 2.10. The first-order valence-electron chi connectivity index (χ1n) is 4.69. The Hall–Kier alpha value is -0.485. The number of rotatable bonds is 7. The lowest BCUT2D eigenvalue weighted by Gasteiger charge is -2.23. The maximum Gasteiger partial charge on any atom is 0.507 e. The molecule has 0 radical (unpaired) electrons. The molecule has 0 spiro atoms. The number of halogens is 3. The summed E-state index contributed by atoms with van der Waals surface area (Å²) in [6.07, 6.45) is 0.543.